The van der Waals surface area contributed by atoms with E-state index in [-0.39, 0.29) is 25.2 Å². The molecule has 1 aromatic heterocycles. The van der Waals surface area contributed by atoms with Crippen molar-refractivity contribution < 1.29 is 23.8 Å². The molecule has 8 heteroatoms. The third-order valence-corrected chi connectivity index (χ3v) is 4.65. The first kappa shape index (κ1) is 17.5. The molecule has 0 atom stereocenters. The van der Waals surface area contributed by atoms with Crippen LogP contribution in [-0.2, 0) is 20.9 Å². The fourth-order valence-corrected chi connectivity index (χ4v) is 3.33. The summed E-state index contributed by atoms with van der Waals surface area (Å²) >= 11 is 1.33. The Morgan fingerprint density at radius 1 is 1.28 bits per heavy atom. The van der Waals surface area contributed by atoms with Crippen LogP contribution in [0.1, 0.15) is 27.7 Å². The van der Waals surface area contributed by atoms with Gasteiger partial charge >= 0.3 is 5.97 Å². The minimum atomic E-state index is -0.605. The number of thiazole rings is 1. The highest BCUT2D eigenvalue weighted by Gasteiger charge is 2.23. The molecule has 0 unspecified atom stereocenters. The SMILES string of the molecule is CCOC(=O)Cn1c(=NC(=O)C(C)(C)C)sc2cc3c(cc21)OCO3. The van der Waals surface area contributed by atoms with Gasteiger partial charge in [-0.25, -0.2) is 0 Å². The minimum absolute atomic E-state index is 0.0241. The Balaban J connectivity index is 2.16. The molecule has 3 rings (SSSR count). The number of carbonyl (C=O) groups is 2. The molecule has 1 aliphatic heterocycles. The van der Waals surface area contributed by atoms with Crippen LogP contribution < -0.4 is 14.3 Å². The maximum absolute atomic E-state index is 12.3. The van der Waals surface area contributed by atoms with Gasteiger partial charge in [-0.1, -0.05) is 32.1 Å². The lowest BCUT2D eigenvalue weighted by molar-refractivity contribution is -0.143. The number of fused-ring (bicyclic) bond motifs is 2. The van der Waals surface area contributed by atoms with Gasteiger partial charge in [-0.2, -0.15) is 4.99 Å². The van der Waals surface area contributed by atoms with Crippen molar-refractivity contribution >= 4 is 33.4 Å². The summed E-state index contributed by atoms with van der Waals surface area (Å²) in [6.45, 7) is 7.60. The third kappa shape index (κ3) is 3.53. The quantitative estimate of drug-likeness (QED) is 0.782. The van der Waals surface area contributed by atoms with E-state index in [0.29, 0.717) is 22.9 Å². The standard InChI is InChI=1S/C17H20N2O5S/c1-5-22-14(20)8-19-10-6-11-12(24-9-23-11)7-13(10)25-16(19)18-15(21)17(2,3)4/h6-7H,5,8-9H2,1-4H3. The molecule has 25 heavy (non-hydrogen) atoms. The number of benzene rings is 1. The van der Waals surface area contributed by atoms with E-state index >= 15 is 0 Å². The third-order valence-electron chi connectivity index (χ3n) is 3.61. The molecule has 1 aliphatic rings. The summed E-state index contributed by atoms with van der Waals surface area (Å²) in [5.74, 6) is 0.614. The Labute approximate surface area is 148 Å². The summed E-state index contributed by atoms with van der Waals surface area (Å²) in [5, 5.41) is 0. The maximum Gasteiger partial charge on any atom is 0.326 e. The van der Waals surface area contributed by atoms with Crippen LogP contribution in [0, 0.1) is 5.41 Å². The smallest absolute Gasteiger partial charge is 0.326 e. The second kappa shape index (κ2) is 6.51. The monoisotopic (exact) mass is 364 g/mol. The van der Waals surface area contributed by atoms with E-state index in [2.05, 4.69) is 4.99 Å². The van der Waals surface area contributed by atoms with Gasteiger partial charge in [-0.05, 0) is 6.92 Å². The van der Waals surface area contributed by atoms with E-state index in [1.54, 1.807) is 38.3 Å². The molecule has 0 fully saturated rings. The zero-order valence-corrected chi connectivity index (χ0v) is 15.4. The molecule has 1 amide bonds. The highest BCUT2D eigenvalue weighted by atomic mass is 32.1. The summed E-state index contributed by atoms with van der Waals surface area (Å²) in [4.78, 5) is 29.0. The molecule has 0 bridgehead atoms. The fourth-order valence-electron chi connectivity index (χ4n) is 2.29. The zero-order chi connectivity index (χ0) is 18.2. The van der Waals surface area contributed by atoms with E-state index in [9.17, 15) is 9.59 Å². The van der Waals surface area contributed by atoms with Crippen molar-refractivity contribution in [2.75, 3.05) is 13.4 Å². The van der Waals surface area contributed by atoms with Gasteiger partial charge in [0.2, 0.25) is 6.79 Å². The number of rotatable bonds is 3. The van der Waals surface area contributed by atoms with Crippen molar-refractivity contribution in [2.45, 2.75) is 34.2 Å². The highest BCUT2D eigenvalue weighted by molar-refractivity contribution is 7.16. The molecule has 1 aromatic carbocycles. The molecule has 0 saturated heterocycles. The van der Waals surface area contributed by atoms with Gasteiger partial charge in [0.25, 0.3) is 5.91 Å². The van der Waals surface area contributed by atoms with Gasteiger partial charge in [-0.3, -0.25) is 9.59 Å². The number of nitrogens with zero attached hydrogens (tertiary/aromatic N) is 2. The average molecular weight is 364 g/mol. The first-order chi connectivity index (χ1) is 11.8. The topological polar surface area (TPSA) is 79.1 Å². The van der Waals surface area contributed by atoms with Crippen LogP contribution in [0.15, 0.2) is 17.1 Å². The summed E-state index contributed by atoms with van der Waals surface area (Å²) < 4.78 is 18.4. The molecule has 0 radical (unpaired) electrons. The van der Waals surface area contributed by atoms with Gasteiger partial charge < -0.3 is 18.8 Å². The van der Waals surface area contributed by atoms with E-state index in [0.717, 1.165) is 10.2 Å². The van der Waals surface area contributed by atoms with Crippen LogP contribution in [0.3, 0.4) is 0 Å². The Morgan fingerprint density at radius 2 is 1.96 bits per heavy atom. The van der Waals surface area contributed by atoms with E-state index in [4.69, 9.17) is 14.2 Å². The van der Waals surface area contributed by atoms with Crippen LogP contribution in [0.25, 0.3) is 10.2 Å². The Bertz CT molecular complexity index is 904. The molecule has 7 nitrogen and oxygen atoms in total. The molecule has 2 aromatic rings. The second-order valence-corrected chi connectivity index (χ2v) is 7.63. The molecular weight excluding hydrogens is 344 g/mol. The van der Waals surface area contributed by atoms with Crippen molar-refractivity contribution in [3.63, 3.8) is 0 Å². The fraction of sp³-hybridized carbons (Fsp3) is 0.471. The van der Waals surface area contributed by atoms with Gasteiger partial charge in [0.1, 0.15) is 6.54 Å². The van der Waals surface area contributed by atoms with Crippen LogP contribution in [0.4, 0.5) is 0 Å². The number of aromatic nitrogens is 1. The average Bonchev–Trinajstić information content (AvgIpc) is 3.09. The molecule has 0 saturated carbocycles. The number of amides is 1. The number of esters is 1. The van der Waals surface area contributed by atoms with Gasteiger partial charge in [0.05, 0.1) is 16.8 Å². The first-order valence-electron chi connectivity index (χ1n) is 7.97. The molecule has 0 spiro atoms. The Hall–Kier alpha value is -2.35. The number of carbonyl (C=O) groups excluding carboxylic acids is 2. The van der Waals surface area contributed by atoms with Crippen molar-refractivity contribution in [2.24, 2.45) is 10.4 Å². The Kier molecular flexibility index (Phi) is 4.55. The summed E-state index contributed by atoms with van der Waals surface area (Å²) in [6, 6.07) is 3.64. The lowest BCUT2D eigenvalue weighted by Crippen LogP contribution is -2.26. The molecular formula is C17H20N2O5S. The molecule has 2 heterocycles. The summed E-state index contributed by atoms with van der Waals surface area (Å²) in [5.41, 5.74) is 0.147. The van der Waals surface area contributed by atoms with Crippen molar-refractivity contribution in [3.8, 4) is 11.5 Å². The summed E-state index contributed by atoms with van der Waals surface area (Å²) in [7, 11) is 0. The molecule has 0 N–H and O–H groups in total. The largest absolute Gasteiger partial charge is 0.465 e. The molecule has 0 aliphatic carbocycles. The predicted molar refractivity (Wildman–Crippen MR) is 92.6 cm³/mol. The zero-order valence-electron chi connectivity index (χ0n) is 14.6. The first-order valence-corrected chi connectivity index (χ1v) is 8.79. The van der Waals surface area contributed by atoms with Gasteiger partial charge in [-0.15, -0.1) is 0 Å². The van der Waals surface area contributed by atoms with Crippen LogP contribution in [0.5, 0.6) is 11.5 Å². The highest BCUT2D eigenvalue weighted by Crippen LogP contribution is 2.37. The Morgan fingerprint density at radius 3 is 2.60 bits per heavy atom. The maximum atomic E-state index is 12.3. The number of hydrogen-bond donors (Lipinski definition) is 0. The lowest BCUT2D eigenvalue weighted by Gasteiger charge is -2.12. The van der Waals surface area contributed by atoms with E-state index in [1.165, 1.54) is 11.3 Å². The minimum Gasteiger partial charge on any atom is -0.465 e. The van der Waals surface area contributed by atoms with Crippen molar-refractivity contribution in [3.05, 3.63) is 16.9 Å². The van der Waals surface area contributed by atoms with Gasteiger partial charge in [0, 0.05) is 17.5 Å². The van der Waals surface area contributed by atoms with E-state index in [1.807, 2.05) is 6.07 Å². The second-order valence-electron chi connectivity index (χ2n) is 6.62. The molecule has 134 valence electrons. The van der Waals surface area contributed by atoms with Crippen molar-refractivity contribution in [1.29, 1.82) is 0 Å². The van der Waals surface area contributed by atoms with Crippen molar-refractivity contribution in [1.82, 2.24) is 4.57 Å². The number of ether oxygens (including phenoxy) is 3. The van der Waals surface area contributed by atoms with Crippen LogP contribution in [0.2, 0.25) is 0 Å². The summed E-state index contributed by atoms with van der Waals surface area (Å²) in [6.07, 6.45) is 0. The predicted octanol–water partition coefficient (Wildman–Crippen LogP) is 2.47. The van der Waals surface area contributed by atoms with Gasteiger partial charge in [0.15, 0.2) is 16.3 Å². The lowest BCUT2D eigenvalue weighted by atomic mass is 9.96. The van der Waals surface area contributed by atoms with Crippen LogP contribution >= 0.6 is 11.3 Å². The van der Waals surface area contributed by atoms with Crippen LogP contribution in [-0.4, -0.2) is 29.8 Å². The number of hydrogen-bond acceptors (Lipinski definition) is 6. The normalized spacial score (nSPS) is 14.2. The van der Waals surface area contributed by atoms with E-state index < -0.39 is 5.41 Å².